The normalized spacial score (nSPS) is 12.2. The van der Waals surface area contributed by atoms with Gasteiger partial charge in [-0.2, -0.15) is 0 Å². The first-order valence-electron chi connectivity index (χ1n) is 5.76. The zero-order chi connectivity index (χ0) is 13.8. The molecule has 0 aliphatic carbocycles. The van der Waals surface area contributed by atoms with Crippen LogP contribution in [0.1, 0.15) is 23.0 Å². The fraction of sp³-hybridized carbons (Fsp3) is 0.0667. The van der Waals surface area contributed by atoms with Gasteiger partial charge in [0.05, 0.1) is 10.9 Å². The average Bonchev–Trinajstić information content (AvgIpc) is 2.81. The van der Waals surface area contributed by atoms with Gasteiger partial charge in [0.25, 0.3) is 0 Å². The lowest BCUT2D eigenvalue weighted by Gasteiger charge is -1.98. The molecule has 2 aromatic rings. The van der Waals surface area contributed by atoms with Crippen LogP contribution in [0.3, 0.4) is 0 Å². The van der Waals surface area contributed by atoms with Gasteiger partial charge in [0.1, 0.15) is 5.52 Å². The van der Waals surface area contributed by atoms with Crippen molar-refractivity contribution in [3.05, 3.63) is 60.4 Å². The summed E-state index contributed by atoms with van der Waals surface area (Å²) >= 11 is 0. The third-order valence-electron chi connectivity index (χ3n) is 2.63. The molecule has 1 aromatic heterocycles. The van der Waals surface area contributed by atoms with E-state index < -0.39 is 5.97 Å². The van der Waals surface area contributed by atoms with Crippen molar-refractivity contribution < 1.29 is 14.4 Å². The van der Waals surface area contributed by atoms with Gasteiger partial charge >= 0.3 is 5.97 Å². The summed E-state index contributed by atoms with van der Waals surface area (Å²) in [6.07, 6.45) is 7.15. The molecule has 0 saturated heterocycles. The Morgan fingerprint density at radius 1 is 1.47 bits per heavy atom. The van der Waals surface area contributed by atoms with E-state index in [0.717, 1.165) is 5.57 Å². The summed E-state index contributed by atoms with van der Waals surface area (Å²) in [5.41, 5.74) is 1.62. The van der Waals surface area contributed by atoms with Crippen molar-refractivity contribution in [2.45, 2.75) is 6.92 Å². The highest BCUT2D eigenvalue weighted by atomic mass is 16.5. The molecule has 0 atom stereocenters. The smallest absolute Gasteiger partial charge is 0.335 e. The molecular weight excluding hydrogens is 242 g/mol. The van der Waals surface area contributed by atoms with E-state index in [9.17, 15) is 4.79 Å². The fourth-order valence-electron chi connectivity index (χ4n) is 1.80. The SMILES string of the molecule is C=C/C=C(\C=C/C)c1onc2ccc(C(=O)O)cc12. The van der Waals surface area contributed by atoms with Gasteiger partial charge in [-0.3, -0.25) is 0 Å². The molecule has 0 saturated carbocycles. The molecule has 1 heterocycles. The minimum Gasteiger partial charge on any atom is -0.478 e. The Bertz CT molecular complexity index is 692. The van der Waals surface area contributed by atoms with Crippen molar-refractivity contribution >= 4 is 22.4 Å². The molecule has 4 nitrogen and oxygen atoms in total. The molecule has 1 N–H and O–H groups in total. The summed E-state index contributed by atoms with van der Waals surface area (Å²) in [5.74, 6) is -0.439. The van der Waals surface area contributed by atoms with Gasteiger partial charge in [0, 0.05) is 5.57 Å². The van der Waals surface area contributed by atoms with Gasteiger partial charge in [-0.15, -0.1) is 0 Å². The van der Waals surface area contributed by atoms with Crippen molar-refractivity contribution in [1.29, 1.82) is 0 Å². The summed E-state index contributed by atoms with van der Waals surface area (Å²) < 4.78 is 5.31. The number of fused-ring (bicyclic) bond motifs is 1. The predicted octanol–water partition coefficient (Wildman–Crippen LogP) is 3.67. The molecule has 19 heavy (non-hydrogen) atoms. The molecule has 1 aromatic carbocycles. The summed E-state index contributed by atoms with van der Waals surface area (Å²) in [4.78, 5) is 11.0. The molecule has 0 amide bonds. The summed E-state index contributed by atoms with van der Waals surface area (Å²) in [6, 6.07) is 4.69. The van der Waals surface area contributed by atoms with E-state index in [1.54, 1.807) is 24.3 Å². The van der Waals surface area contributed by atoms with Crippen molar-refractivity contribution in [3.8, 4) is 0 Å². The second-order valence-corrected chi connectivity index (χ2v) is 3.91. The second kappa shape index (κ2) is 5.35. The quantitative estimate of drug-likeness (QED) is 0.846. The summed E-state index contributed by atoms with van der Waals surface area (Å²) in [7, 11) is 0. The standard InChI is InChI=1S/C15H13NO3/c1-3-5-10(6-4-2)14-12-9-11(15(17)18)7-8-13(12)16-19-14/h3-9H,1H2,2H3,(H,17,18)/b6-4-,10-5+. The van der Waals surface area contributed by atoms with Gasteiger partial charge in [0.15, 0.2) is 5.76 Å². The molecule has 0 fully saturated rings. The predicted molar refractivity (Wildman–Crippen MR) is 74.0 cm³/mol. The molecule has 96 valence electrons. The van der Waals surface area contributed by atoms with Crippen LogP contribution in [0.2, 0.25) is 0 Å². The third kappa shape index (κ3) is 2.47. The number of nitrogens with zero attached hydrogens (tertiary/aromatic N) is 1. The largest absolute Gasteiger partial charge is 0.478 e. The Kier molecular flexibility index (Phi) is 3.61. The zero-order valence-corrected chi connectivity index (χ0v) is 10.5. The van der Waals surface area contributed by atoms with E-state index in [-0.39, 0.29) is 5.56 Å². The molecule has 0 bridgehead atoms. The van der Waals surface area contributed by atoms with Gasteiger partial charge in [-0.25, -0.2) is 4.79 Å². The van der Waals surface area contributed by atoms with Crippen LogP contribution >= 0.6 is 0 Å². The lowest BCUT2D eigenvalue weighted by Crippen LogP contribution is -1.95. The minimum absolute atomic E-state index is 0.204. The lowest BCUT2D eigenvalue weighted by molar-refractivity contribution is 0.0697. The molecule has 0 aliphatic heterocycles. The number of hydrogen-bond acceptors (Lipinski definition) is 3. The number of allylic oxidation sites excluding steroid dienone is 5. The molecule has 0 unspecified atom stereocenters. The molecular formula is C15H13NO3. The maximum atomic E-state index is 11.0. The maximum Gasteiger partial charge on any atom is 0.335 e. The molecule has 0 aliphatic rings. The highest BCUT2D eigenvalue weighted by Gasteiger charge is 2.13. The van der Waals surface area contributed by atoms with E-state index >= 15 is 0 Å². The Balaban J connectivity index is 2.66. The molecule has 2 rings (SSSR count). The first kappa shape index (κ1) is 12.8. The van der Waals surface area contributed by atoms with Crippen LogP contribution in [0.15, 0.2) is 53.6 Å². The van der Waals surface area contributed by atoms with E-state index in [0.29, 0.717) is 16.7 Å². The van der Waals surface area contributed by atoms with Gasteiger partial charge in [-0.1, -0.05) is 36.0 Å². The molecule has 4 heteroatoms. The minimum atomic E-state index is -0.977. The number of carboxylic acid groups (broad SMARTS) is 1. The van der Waals surface area contributed by atoms with Crippen LogP contribution in [0.5, 0.6) is 0 Å². The summed E-state index contributed by atoms with van der Waals surface area (Å²) in [6.45, 7) is 5.54. The first-order valence-corrected chi connectivity index (χ1v) is 5.76. The van der Waals surface area contributed by atoms with Gasteiger partial charge in [-0.05, 0) is 25.1 Å². The summed E-state index contributed by atoms with van der Waals surface area (Å²) in [5, 5.41) is 13.6. The van der Waals surface area contributed by atoms with Crippen LogP contribution in [0.4, 0.5) is 0 Å². The zero-order valence-electron chi connectivity index (χ0n) is 10.5. The van der Waals surface area contributed by atoms with E-state index in [1.165, 1.54) is 6.07 Å². The first-order chi connectivity index (χ1) is 9.17. The highest BCUT2D eigenvalue weighted by Crippen LogP contribution is 2.27. The Hall–Kier alpha value is -2.62. The van der Waals surface area contributed by atoms with Crippen LogP contribution in [-0.2, 0) is 0 Å². The number of carbonyl (C=O) groups is 1. The van der Waals surface area contributed by atoms with Crippen molar-refractivity contribution in [3.63, 3.8) is 0 Å². The van der Waals surface area contributed by atoms with E-state index in [2.05, 4.69) is 11.7 Å². The highest BCUT2D eigenvalue weighted by molar-refractivity contribution is 5.97. The third-order valence-corrected chi connectivity index (χ3v) is 2.63. The Morgan fingerprint density at radius 3 is 2.89 bits per heavy atom. The number of aromatic nitrogens is 1. The van der Waals surface area contributed by atoms with E-state index in [4.69, 9.17) is 9.63 Å². The topological polar surface area (TPSA) is 63.3 Å². The Labute approximate surface area is 110 Å². The lowest BCUT2D eigenvalue weighted by atomic mass is 10.1. The number of hydrogen-bond donors (Lipinski definition) is 1. The fourth-order valence-corrected chi connectivity index (χ4v) is 1.80. The van der Waals surface area contributed by atoms with Crippen molar-refractivity contribution in [1.82, 2.24) is 5.16 Å². The van der Waals surface area contributed by atoms with Gasteiger partial charge in [0.2, 0.25) is 0 Å². The van der Waals surface area contributed by atoms with Crippen LogP contribution in [-0.4, -0.2) is 16.2 Å². The number of aromatic carboxylic acids is 1. The number of carboxylic acids is 1. The van der Waals surface area contributed by atoms with Crippen LogP contribution < -0.4 is 0 Å². The van der Waals surface area contributed by atoms with Crippen molar-refractivity contribution in [2.75, 3.05) is 0 Å². The number of benzene rings is 1. The van der Waals surface area contributed by atoms with Gasteiger partial charge < -0.3 is 9.63 Å². The number of rotatable bonds is 4. The second-order valence-electron chi connectivity index (χ2n) is 3.91. The average molecular weight is 255 g/mol. The van der Waals surface area contributed by atoms with Crippen LogP contribution in [0.25, 0.3) is 16.5 Å². The van der Waals surface area contributed by atoms with E-state index in [1.807, 2.05) is 19.1 Å². The molecule has 0 radical (unpaired) electrons. The van der Waals surface area contributed by atoms with Crippen LogP contribution in [0, 0.1) is 0 Å². The molecule has 0 spiro atoms. The Morgan fingerprint density at radius 2 is 2.26 bits per heavy atom. The maximum absolute atomic E-state index is 11.0. The van der Waals surface area contributed by atoms with Crippen molar-refractivity contribution in [2.24, 2.45) is 0 Å². The monoisotopic (exact) mass is 255 g/mol.